The van der Waals surface area contributed by atoms with E-state index < -0.39 is 23.6 Å². The number of allylic oxidation sites excluding steroid dienone is 1. The number of fused-ring (bicyclic) bond motifs is 1. The van der Waals surface area contributed by atoms with Gasteiger partial charge in [-0.15, -0.1) is 0 Å². The summed E-state index contributed by atoms with van der Waals surface area (Å²) in [5.41, 5.74) is 0.693. The third-order valence-electron chi connectivity index (χ3n) is 4.97. The molecule has 1 aliphatic heterocycles. The Kier molecular flexibility index (Phi) is 6.69. The summed E-state index contributed by atoms with van der Waals surface area (Å²) in [6, 6.07) is 11.5. The molecule has 2 aromatic carbocycles. The van der Waals surface area contributed by atoms with Crippen LogP contribution in [0, 0.1) is 5.41 Å². The van der Waals surface area contributed by atoms with Crippen molar-refractivity contribution in [1.29, 1.82) is 0 Å². The number of benzene rings is 2. The van der Waals surface area contributed by atoms with Gasteiger partial charge in [-0.25, -0.2) is 9.59 Å². The molecule has 0 bridgehead atoms. The fourth-order valence-corrected chi connectivity index (χ4v) is 3.33. The van der Waals surface area contributed by atoms with Crippen molar-refractivity contribution >= 4 is 17.7 Å². The minimum absolute atomic E-state index is 0.106. The van der Waals surface area contributed by atoms with Crippen molar-refractivity contribution in [3.8, 4) is 17.2 Å². The summed E-state index contributed by atoms with van der Waals surface area (Å²) in [7, 11) is 0. The second-order valence-corrected chi connectivity index (χ2v) is 7.84. The number of hydrogen-bond acceptors (Lipinski definition) is 6. The van der Waals surface area contributed by atoms with Crippen molar-refractivity contribution in [2.75, 3.05) is 12.1 Å². The maximum atomic E-state index is 12.7. The molecule has 0 aliphatic carbocycles. The zero-order chi connectivity index (χ0) is 22.4. The summed E-state index contributed by atoms with van der Waals surface area (Å²) in [5, 5.41) is 21.1. The van der Waals surface area contributed by atoms with Gasteiger partial charge in [-0.2, -0.15) is 0 Å². The number of phenolic OH excluding ortho intramolecular Hbond substituents is 1. The number of rotatable bonds is 8. The summed E-state index contributed by atoms with van der Waals surface area (Å²) >= 11 is 0. The first-order valence-corrected chi connectivity index (χ1v) is 9.80. The van der Waals surface area contributed by atoms with E-state index in [0.29, 0.717) is 35.6 Å². The first kappa shape index (κ1) is 22.0. The first-order valence-electron chi connectivity index (χ1n) is 9.80. The van der Waals surface area contributed by atoms with Crippen molar-refractivity contribution in [1.82, 2.24) is 0 Å². The van der Waals surface area contributed by atoms with E-state index in [1.165, 1.54) is 12.1 Å². The van der Waals surface area contributed by atoms with Crippen LogP contribution in [0.5, 0.6) is 17.2 Å². The van der Waals surface area contributed by atoms with Crippen molar-refractivity contribution < 1.29 is 34.0 Å². The molecule has 31 heavy (non-hydrogen) atoms. The number of carboxylic acids is 1. The number of aromatic hydroxyl groups is 1. The third kappa shape index (κ3) is 5.91. The van der Waals surface area contributed by atoms with Gasteiger partial charge in [0.05, 0.1) is 0 Å². The molecule has 0 unspecified atom stereocenters. The number of anilines is 1. The average Bonchev–Trinajstić information content (AvgIpc) is 3.18. The second kappa shape index (κ2) is 9.42. The SMILES string of the molecule is CC(C)(CC/C=C/C(=O)O)[C@H](OC(=O)Nc1ccc2c(c1)OCO2)c1ccc(O)cc1. The van der Waals surface area contributed by atoms with E-state index in [0.717, 1.165) is 6.08 Å². The lowest BCUT2D eigenvalue weighted by Crippen LogP contribution is -2.29. The molecule has 1 aliphatic rings. The van der Waals surface area contributed by atoms with Gasteiger partial charge < -0.3 is 24.4 Å². The molecule has 0 aromatic heterocycles. The van der Waals surface area contributed by atoms with Gasteiger partial charge in [-0.05, 0) is 42.7 Å². The Bertz CT molecular complexity index is 966. The van der Waals surface area contributed by atoms with Crippen LogP contribution in [0.1, 0.15) is 38.4 Å². The summed E-state index contributed by atoms with van der Waals surface area (Å²) in [6.45, 7) is 4.01. The number of carbonyl (C=O) groups excluding carboxylic acids is 1. The van der Waals surface area contributed by atoms with Gasteiger partial charge in [-0.1, -0.05) is 32.1 Å². The van der Waals surface area contributed by atoms with Gasteiger partial charge in [0.1, 0.15) is 11.9 Å². The first-order chi connectivity index (χ1) is 14.7. The van der Waals surface area contributed by atoms with E-state index in [-0.39, 0.29) is 12.5 Å². The number of carboxylic acid groups (broad SMARTS) is 1. The van der Waals surface area contributed by atoms with Gasteiger partial charge in [0.15, 0.2) is 11.5 Å². The number of nitrogens with one attached hydrogen (secondary N) is 1. The molecule has 2 aromatic rings. The molecule has 8 nitrogen and oxygen atoms in total. The molecule has 0 saturated heterocycles. The lowest BCUT2D eigenvalue weighted by molar-refractivity contribution is -0.131. The van der Waals surface area contributed by atoms with Crippen LogP contribution >= 0.6 is 0 Å². The van der Waals surface area contributed by atoms with Crippen molar-refractivity contribution in [2.24, 2.45) is 5.41 Å². The highest BCUT2D eigenvalue weighted by molar-refractivity contribution is 5.85. The highest BCUT2D eigenvalue weighted by Gasteiger charge is 2.34. The molecule has 0 fully saturated rings. The van der Waals surface area contributed by atoms with Crippen LogP contribution in [-0.2, 0) is 9.53 Å². The normalized spacial score (nSPS) is 13.7. The maximum Gasteiger partial charge on any atom is 0.412 e. The molecular formula is C23H25NO7. The van der Waals surface area contributed by atoms with Crippen LogP contribution < -0.4 is 14.8 Å². The number of phenols is 1. The van der Waals surface area contributed by atoms with Gasteiger partial charge >= 0.3 is 12.1 Å². The van der Waals surface area contributed by atoms with E-state index in [1.54, 1.807) is 36.4 Å². The van der Waals surface area contributed by atoms with Gasteiger partial charge in [0.2, 0.25) is 6.79 Å². The number of ether oxygens (including phenoxy) is 3. The van der Waals surface area contributed by atoms with Crippen molar-refractivity contribution in [2.45, 2.75) is 32.8 Å². The standard InChI is InChI=1S/C23H25NO7/c1-23(2,12-4-3-5-20(26)27)21(15-6-9-17(25)10-7-15)31-22(28)24-16-8-11-18-19(13-16)30-14-29-18/h3,5-11,13,21,25H,4,12,14H2,1-2H3,(H,24,28)(H,26,27)/b5-3+/t21-/m1/s1. The summed E-state index contributed by atoms with van der Waals surface area (Å²) in [5.74, 6) is 0.247. The predicted molar refractivity (Wildman–Crippen MR) is 113 cm³/mol. The number of hydrogen-bond donors (Lipinski definition) is 3. The van der Waals surface area contributed by atoms with Crippen LogP contribution in [0.15, 0.2) is 54.6 Å². The summed E-state index contributed by atoms with van der Waals surface area (Å²) in [4.78, 5) is 23.4. The zero-order valence-electron chi connectivity index (χ0n) is 17.3. The molecule has 1 amide bonds. The maximum absolute atomic E-state index is 12.7. The minimum atomic E-state index is -1.01. The fourth-order valence-electron chi connectivity index (χ4n) is 3.33. The molecular weight excluding hydrogens is 402 g/mol. The van der Waals surface area contributed by atoms with Crippen LogP contribution in [0.2, 0.25) is 0 Å². The third-order valence-corrected chi connectivity index (χ3v) is 4.97. The Balaban J connectivity index is 1.74. The number of aliphatic carboxylic acids is 1. The van der Waals surface area contributed by atoms with Crippen LogP contribution in [0.25, 0.3) is 0 Å². The molecule has 0 spiro atoms. The Morgan fingerprint density at radius 2 is 1.87 bits per heavy atom. The minimum Gasteiger partial charge on any atom is -0.508 e. The fraction of sp³-hybridized carbons (Fsp3) is 0.304. The van der Waals surface area contributed by atoms with Gasteiger partial charge in [0.25, 0.3) is 0 Å². The van der Waals surface area contributed by atoms with Crippen molar-refractivity contribution in [3.63, 3.8) is 0 Å². The largest absolute Gasteiger partial charge is 0.508 e. The predicted octanol–water partition coefficient (Wildman–Crippen LogP) is 4.86. The van der Waals surface area contributed by atoms with E-state index in [9.17, 15) is 14.7 Å². The monoisotopic (exact) mass is 427 g/mol. The summed E-state index contributed by atoms with van der Waals surface area (Å²) < 4.78 is 16.4. The lowest BCUT2D eigenvalue weighted by Gasteiger charge is -2.34. The van der Waals surface area contributed by atoms with E-state index in [2.05, 4.69) is 5.32 Å². The number of amides is 1. The van der Waals surface area contributed by atoms with Gasteiger partial charge in [0, 0.05) is 23.2 Å². The Hall–Kier alpha value is -3.68. The Morgan fingerprint density at radius 3 is 2.58 bits per heavy atom. The Labute approximate surface area is 180 Å². The molecule has 0 saturated carbocycles. The zero-order valence-corrected chi connectivity index (χ0v) is 17.3. The van der Waals surface area contributed by atoms with Crippen LogP contribution in [0.3, 0.4) is 0 Å². The highest BCUT2D eigenvalue weighted by Crippen LogP contribution is 2.41. The summed E-state index contributed by atoms with van der Waals surface area (Å²) in [6.07, 6.45) is 2.45. The van der Waals surface area contributed by atoms with Crippen molar-refractivity contribution in [3.05, 3.63) is 60.2 Å². The van der Waals surface area contributed by atoms with Crippen LogP contribution in [-0.4, -0.2) is 29.1 Å². The molecule has 0 radical (unpaired) electrons. The van der Waals surface area contributed by atoms with Gasteiger partial charge in [-0.3, -0.25) is 5.32 Å². The Morgan fingerprint density at radius 1 is 1.16 bits per heavy atom. The molecule has 3 N–H and O–H groups in total. The molecule has 164 valence electrons. The van der Waals surface area contributed by atoms with E-state index in [4.69, 9.17) is 19.3 Å². The van der Waals surface area contributed by atoms with Crippen LogP contribution in [0.4, 0.5) is 10.5 Å². The average molecular weight is 427 g/mol. The quantitative estimate of drug-likeness (QED) is 0.516. The highest BCUT2D eigenvalue weighted by atomic mass is 16.7. The smallest absolute Gasteiger partial charge is 0.412 e. The van der Waals surface area contributed by atoms with E-state index >= 15 is 0 Å². The number of carbonyl (C=O) groups is 2. The second-order valence-electron chi connectivity index (χ2n) is 7.84. The lowest BCUT2D eigenvalue weighted by atomic mass is 9.78. The topological polar surface area (TPSA) is 114 Å². The molecule has 8 heteroatoms. The molecule has 1 heterocycles. The molecule has 3 rings (SSSR count). The van der Waals surface area contributed by atoms with E-state index in [1.807, 2.05) is 13.8 Å². The molecule has 1 atom stereocenters.